The van der Waals surface area contributed by atoms with Gasteiger partial charge in [-0.3, -0.25) is 9.59 Å². The quantitative estimate of drug-likeness (QED) is 0.231. The Hall–Kier alpha value is -4.58. The van der Waals surface area contributed by atoms with Gasteiger partial charge in [0.15, 0.2) is 5.60 Å². The minimum atomic E-state index is -4.90. The first kappa shape index (κ1) is 29.9. The van der Waals surface area contributed by atoms with E-state index in [1.807, 2.05) is 18.2 Å². The zero-order valence-corrected chi connectivity index (χ0v) is 23.8. The Bertz CT molecular complexity index is 1670. The first-order valence-corrected chi connectivity index (χ1v) is 13.9. The molecule has 0 saturated heterocycles. The number of carbonyl (C=O) groups excluding carboxylic acids is 2. The van der Waals surface area contributed by atoms with E-state index in [2.05, 4.69) is 15.7 Å². The summed E-state index contributed by atoms with van der Waals surface area (Å²) in [5.41, 5.74) is 6.40. The number of aryl methyl sites for hydroxylation is 2. The number of aromatic nitrogens is 2. The third-order valence-electron chi connectivity index (χ3n) is 7.72. The minimum Gasteiger partial charge on any atom is -0.381 e. The number of nitrogens with one attached hydrogen (secondary N) is 2. The maximum atomic E-state index is 14.4. The van der Waals surface area contributed by atoms with Crippen LogP contribution in [0.3, 0.4) is 0 Å². The minimum absolute atomic E-state index is 0.273. The van der Waals surface area contributed by atoms with Crippen LogP contribution in [0.2, 0.25) is 0 Å². The molecule has 2 amide bonds. The van der Waals surface area contributed by atoms with Gasteiger partial charge in [0.1, 0.15) is 6.04 Å². The average Bonchev–Trinajstić information content (AvgIpc) is 3.39. The summed E-state index contributed by atoms with van der Waals surface area (Å²) < 4.78 is 44.7. The van der Waals surface area contributed by atoms with Crippen molar-refractivity contribution in [1.82, 2.24) is 15.1 Å². The molecule has 1 unspecified atom stereocenters. The Balaban J connectivity index is 1.42. The molecule has 12 heteroatoms. The highest BCUT2D eigenvalue weighted by Crippen LogP contribution is 2.36. The number of halogens is 3. The fourth-order valence-corrected chi connectivity index (χ4v) is 5.33. The molecule has 4 aromatic rings. The normalized spacial score (nSPS) is 15.4. The molecule has 226 valence electrons. The van der Waals surface area contributed by atoms with E-state index in [4.69, 9.17) is 5.73 Å². The Labute approximate surface area is 246 Å². The number of alkyl halides is 3. The molecule has 5 rings (SSSR count). The van der Waals surface area contributed by atoms with E-state index in [1.54, 1.807) is 59.0 Å². The lowest BCUT2D eigenvalue weighted by atomic mass is 9.97. The van der Waals surface area contributed by atoms with Crippen LogP contribution in [0.1, 0.15) is 34.8 Å². The van der Waals surface area contributed by atoms with Gasteiger partial charge >= 0.3 is 6.18 Å². The number of hydrogen-bond acceptors (Lipinski definition) is 6. The number of benzene rings is 3. The van der Waals surface area contributed by atoms with Crippen molar-refractivity contribution < 1.29 is 27.9 Å². The number of hydrogen-bond donors (Lipinski definition) is 4. The highest BCUT2D eigenvalue weighted by molar-refractivity contribution is 5.98. The van der Waals surface area contributed by atoms with E-state index in [-0.39, 0.29) is 5.56 Å². The number of para-hydroxylation sites is 1. The van der Waals surface area contributed by atoms with E-state index >= 15 is 0 Å². The highest BCUT2D eigenvalue weighted by atomic mass is 19.4. The third kappa shape index (κ3) is 6.14. The molecule has 0 bridgehead atoms. The molecule has 1 aromatic heterocycles. The molecule has 1 aliphatic rings. The van der Waals surface area contributed by atoms with Gasteiger partial charge in [0.25, 0.3) is 5.91 Å². The van der Waals surface area contributed by atoms with E-state index in [1.165, 1.54) is 13.1 Å². The number of primary amides is 1. The summed E-state index contributed by atoms with van der Waals surface area (Å²) in [5, 5.41) is 21.4. The predicted molar refractivity (Wildman–Crippen MR) is 158 cm³/mol. The van der Waals surface area contributed by atoms with Crippen molar-refractivity contribution in [2.45, 2.75) is 44.5 Å². The molecule has 9 nitrogen and oxygen atoms in total. The molecule has 43 heavy (non-hydrogen) atoms. The fraction of sp³-hybridized carbons (Fsp3) is 0.323. The molecule has 1 aliphatic heterocycles. The third-order valence-corrected chi connectivity index (χ3v) is 7.72. The topological polar surface area (TPSA) is 126 Å². The van der Waals surface area contributed by atoms with Gasteiger partial charge in [0.2, 0.25) is 5.91 Å². The first-order chi connectivity index (χ1) is 20.4. The van der Waals surface area contributed by atoms with Gasteiger partial charge in [-0.1, -0.05) is 24.3 Å². The number of anilines is 2. The Morgan fingerprint density at radius 1 is 1.12 bits per heavy atom. The van der Waals surface area contributed by atoms with Gasteiger partial charge in [-0.15, -0.1) is 0 Å². The Morgan fingerprint density at radius 3 is 2.63 bits per heavy atom. The van der Waals surface area contributed by atoms with Crippen LogP contribution in [0.25, 0.3) is 16.6 Å². The maximum Gasteiger partial charge on any atom is 0.420 e. The van der Waals surface area contributed by atoms with E-state index in [0.29, 0.717) is 40.9 Å². The van der Waals surface area contributed by atoms with Crippen LogP contribution in [-0.4, -0.2) is 64.2 Å². The van der Waals surface area contributed by atoms with Crippen LogP contribution in [0.4, 0.5) is 24.5 Å². The summed E-state index contributed by atoms with van der Waals surface area (Å²) in [4.78, 5) is 25.6. The molecule has 0 saturated carbocycles. The van der Waals surface area contributed by atoms with Crippen molar-refractivity contribution >= 4 is 34.1 Å². The molecular weight excluding hydrogens is 561 g/mol. The number of nitrogens with two attached hydrogens (primary N) is 1. The van der Waals surface area contributed by atoms with Gasteiger partial charge in [-0.2, -0.15) is 18.3 Å². The Morgan fingerprint density at radius 2 is 1.88 bits per heavy atom. The average molecular weight is 595 g/mol. The van der Waals surface area contributed by atoms with Crippen LogP contribution in [0, 0.1) is 6.92 Å². The lowest BCUT2D eigenvalue weighted by Crippen LogP contribution is -2.58. The number of amides is 2. The zero-order chi connectivity index (χ0) is 30.9. The largest absolute Gasteiger partial charge is 0.420 e. The number of β-amino-alcohol motifs (C(OH)–C–C–N with tert-alkyl or cyclic N) is 1. The monoisotopic (exact) mass is 594 g/mol. The van der Waals surface area contributed by atoms with Crippen molar-refractivity contribution in [1.29, 1.82) is 0 Å². The summed E-state index contributed by atoms with van der Waals surface area (Å²) in [6.07, 6.45) is -1.90. The molecule has 0 fully saturated rings. The van der Waals surface area contributed by atoms with Crippen LogP contribution >= 0.6 is 0 Å². The van der Waals surface area contributed by atoms with Gasteiger partial charge in [-0.25, -0.2) is 4.68 Å². The molecule has 0 aliphatic carbocycles. The second kappa shape index (κ2) is 11.6. The predicted octanol–water partition coefficient (Wildman–Crippen LogP) is 4.10. The standard InChI is InChI=1S/C31H33F3N6O3/c1-19-13-25(36-17-30(43,31(32,33)34)18-39-12-6-9-21-7-3-4-11-26(21)39)24-16-37-40(27(24)14-19)23-10-5-8-22(15-23)29(42)38-20(2)28(35)41/h3-5,7-8,10-11,13-16,20,36,43H,6,9,12,17-18H2,1-2H3,(H2,35,41)(H,38,42)/t20-,30?/m0/s1. The highest BCUT2D eigenvalue weighted by Gasteiger charge is 2.54. The number of fused-ring (bicyclic) bond motifs is 2. The van der Waals surface area contributed by atoms with Crippen LogP contribution in [-0.2, 0) is 11.2 Å². The Kier molecular flexibility index (Phi) is 8.06. The van der Waals surface area contributed by atoms with Crippen molar-refractivity contribution in [3.05, 3.63) is 83.6 Å². The van der Waals surface area contributed by atoms with E-state index < -0.39 is 42.7 Å². The maximum absolute atomic E-state index is 14.4. The second-order valence-electron chi connectivity index (χ2n) is 11.0. The first-order valence-electron chi connectivity index (χ1n) is 13.9. The molecular formula is C31H33F3N6O3. The van der Waals surface area contributed by atoms with E-state index in [0.717, 1.165) is 17.5 Å². The summed E-state index contributed by atoms with van der Waals surface area (Å²) in [5.74, 6) is -1.16. The lowest BCUT2D eigenvalue weighted by molar-refractivity contribution is -0.250. The molecule has 2 atom stereocenters. The van der Waals surface area contributed by atoms with Crippen molar-refractivity contribution in [3.8, 4) is 5.69 Å². The summed E-state index contributed by atoms with van der Waals surface area (Å²) in [6.45, 7) is 2.31. The molecule has 0 radical (unpaired) electrons. The van der Waals surface area contributed by atoms with Crippen molar-refractivity contribution in [2.24, 2.45) is 5.73 Å². The van der Waals surface area contributed by atoms with Crippen LogP contribution in [0.15, 0.2) is 66.9 Å². The molecule has 3 aromatic carbocycles. The second-order valence-corrected chi connectivity index (χ2v) is 11.0. The van der Waals surface area contributed by atoms with E-state index in [9.17, 15) is 27.9 Å². The summed E-state index contributed by atoms with van der Waals surface area (Å²) in [7, 11) is 0. The summed E-state index contributed by atoms with van der Waals surface area (Å²) in [6, 6.07) is 16.6. The number of nitrogens with zero attached hydrogens (tertiary/aromatic N) is 3. The molecule has 5 N–H and O–H groups in total. The van der Waals surface area contributed by atoms with Gasteiger partial charge in [-0.05, 0) is 74.2 Å². The number of aliphatic hydroxyl groups is 1. The van der Waals surface area contributed by atoms with Gasteiger partial charge in [0.05, 0.1) is 30.5 Å². The lowest BCUT2D eigenvalue weighted by Gasteiger charge is -2.39. The van der Waals surface area contributed by atoms with Crippen LogP contribution in [0.5, 0.6) is 0 Å². The van der Waals surface area contributed by atoms with Gasteiger partial charge in [0, 0.05) is 28.9 Å². The zero-order valence-electron chi connectivity index (χ0n) is 23.8. The molecule has 0 spiro atoms. The fourth-order valence-electron chi connectivity index (χ4n) is 5.33. The summed E-state index contributed by atoms with van der Waals surface area (Å²) >= 11 is 0. The van der Waals surface area contributed by atoms with Crippen molar-refractivity contribution in [2.75, 3.05) is 29.9 Å². The number of rotatable bonds is 9. The van der Waals surface area contributed by atoms with Crippen molar-refractivity contribution in [3.63, 3.8) is 0 Å². The van der Waals surface area contributed by atoms with Crippen LogP contribution < -0.4 is 21.3 Å². The smallest absolute Gasteiger partial charge is 0.381 e. The molecule has 2 heterocycles. The van der Waals surface area contributed by atoms with Gasteiger partial charge < -0.3 is 26.4 Å². The SMILES string of the molecule is Cc1cc(NCC(O)(CN2CCCc3ccccc32)C(F)(F)F)c2cnn(-c3cccc(C(=O)N[C@@H](C)C(N)=O)c3)c2c1. The number of carbonyl (C=O) groups is 2.